The molecule has 4 aliphatic heterocycles. The number of benzene rings is 4. The van der Waals surface area contributed by atoms with Gasteiger partial charge in [0.25, 0.3) is 11.8 Å². The number of carbonyl (C=O) groups is 2. The molecule has 0 radical (unpaired) electrons. The highest BCUT2D eigenvalue weighted by Gasteiger charge is 2.35. The molecule has 2 amide bonds. The number of ether oxygens (including phenoxy) is 2. The number of nitrogens with zero attached hydrogens (tertiary/aromatic N) is 7. The van der Waals surface area contributed by atoms with Crippen LogP contribution in [-0.4, -0.2) is 206 Å². The molecule has 3 atom stereocenters. The van der Waals surface area contributed by atoms with Gasteiger partial charge < -0.3 is 50.3 Å². The molecule has 22 heteroatoms. The summed E-state index contributed by atoms with van der Waals surface area (Å²) in [6.45, 7) is 11.0. The van der Waals surface area contributed by atoms with Crippen molar-refractivity contribution >= 4 is 43.2 Å². The number of hydrogen-bond donors (Lipinski definition) is 5. The molecule has 0 aromatic heterocycles. The number of carbonyl (C=O) groups excluding carboxylic acids is 2. The summed E-state index contributed by atoms with van der Waals surface area (Å²) < 4.78 is 73.8. The van der Waals surface area contributed by atoms with Gasteiger partial charge in [0.1, 0.15) is 21.3 Å². The minimum absolute atomic E-state index is 0.0199. The van der Waals surface area contributed by atoms with Crippen LogP contribution in [0.3, 0.4) is 0 Å². The molecule has 8 rings (SSSR count). The van der Waals surface area contributed by atoms with Crippen LogP contribution in [0, 0.1) is 0 Å². The Kier molecular flexibility index (Phi) is 19.5. The van der Waals surface area contributed by atoms with Gasteiger partial charge in [-0.1, -0.05) is 61.5 Å². The molecule has 420 valence electrons. The van der Waals surface area contributed by atoms with Crippen LogP contribution in [0.2, 0.25) is 0 Å². The van der Waals surface area contributed by atoms with E-state index in [0.717, 1.165) is 41.1 Å². The summed E-state index contributed by atoms with van der Waals surface area (Å²) in [6.07, 6.45) is 0.0156. The number of anilines is 2. The number of aliphatic hydroxyl groups is 2. The smallest absolute Gasteiger partial charge is 0.258 e. The molecule has 5 N–H and O–H groups in total. The molecular weight excluding hydrogens is 1020 g/mol. The van der Waals surface area contributed by atoms with Crippen LogP contribution in [0.25, 0.3) is 0 Å². The van der Waals surface area contributed by atoms with E-state index in [4.69, 9.17) is 9.47 Å². The Balaban J connectivity index is 1.01. The van der Waals surface area contributed by atoms with Crippen molar-refractivity contribution in [2.45, 2.75) is 74.4 Å². The van der Waals surface area contributed by atoms with Gasteiger partial charge in [0.2, 0.25) is 20.0 Å². The zero-order valence-electron chi connectivity index (χ0n) is 45.2. The Morgan fingerprint density at radius 1 is 0.662 bits per heavy atom. The van der Waals surface area contributed by atoms with Crippen LogP contribution >= 0.6 is 0 Å². The van der Waals surface area contributed by atoms with Crippen molar-refractivity contribution < 1.29 is 46.1 Å². The lowest BCUT2D eigenvalue weighted by molar-refractivity contribution is -0.124. The number of rotatable bonds is 23. The number of nitrogens with one attached hydrogen (secondary N) is 3. The molecule has 4 aromatic rings. The maximum Gasteiger partial charge on any atom is 0.258 e. The standard InChI is InChI=1S/C55H78N10O10S2/c1-6-61-24-26-64(27-25-61)48-16-11-17-50(74-38-52(68)57-30-46(66)36-62-21-18-42-12-7-9-14-44(42)34-62)54(48)77(72,73)60(5)33-41-28-49(65-23-20-56-40(2)32-65)55(76(70,71)59(3)4)51(29-41)75-39-53(69)58-31-47(67)37-63-22-19-43-13-8-10-15-45(43)35-63/h7-17,28-29,40,46-47,56,66-67H,6,18-27,30-39H2,1-5H3,(H,57,68)(H,58,69). The van der Waals surface area contributed by atoms with Gasteiger partial charge >= 0.3 is 0 Å². The molecule has 4 aromatic carbocycles. The van der Waals surface area contributed by atoms with Gasteiger partial charge in [-0.25, -0.2) is 21.1 Å². The molecule has 0 bridgehead atoms. The third kappa shape index (κ3) is 14.6. The predicted octanol–water partition coefficient (Wildman–Crippen LogP) is 1.53. The van der Waals surface area contributed by atoms with Crippen LogP contribution in [0.1, 0.15) is 41.7 Å². The number of β-amino-alcohol motifs (C(OH)–C–C–N with tert-alkyl or cyclic N) is 2. The van der Waals surface area contributed by atoms with E-state index in [1.807, 2.05) is 41.0 Å². The Hall–Kier alpha value is -5.40. The van der Waals surface area contributed by atoms with Crippen molar-refractivity contribution in [3.63, 3.8) is 0 Å². The van der Waals surface area contributed by atoms with E-state index < -0.39 is 57.3 Å². The molecule has 2 fully saturated rings. The van der Waals surface area contributed by atoms with Crippen molar-refractivity contribution in [3.8, 4) is 11.5 Å². The molecule has 4 aliphatic rings. The Labute approximate surface area is 455 Å². The van der Waals surface area contributed by atoms with Crippen LogP contribution in [0.5, 0.6) is 11.5 Å². The molecule has 0 aliphatic carbocycles. The lowest BCUT2D eigenvalue weighted by Gasteiger charge is -2.37. The fraction of sp³-hybridized carbons (Fsp3) is 0.527. The highest BCUT2D eigenvalue weighted by atomic mass is 32.2. The normalized spacial score (nSPS) is 18.6. The van der Waals surface area contributed by atoms with E-state index in [0.29, 0.717) is 88.9 Å². The number of fused-ring (bicyclic) bond motifs is 2. The van der Waals surface area contributed by atoms with Gasteiger partial charge in [-0.15, -0.1) is 0 Å². The lowest BCUT2D eigenvalue weighted by atomic mass is 10.00. The van der Waals surface area contributed by atoms with Crippen LogP contribution in [0.4, 0.5) is 11.4 Å². The predicted molar refractivity (Wildman–Crippen MR) is 296 cm³/mol. The molecule has 2 saturated heterocycles. The molecule has 77 heavy (non-hydrogen) atoms. The Morgan fingerprint density at radius 3 is 1.75 bits per heavy atom. The van der Waals surface area contributed by atoms with E-state index in [9.17, 15) is 28.2 Å². The zero-order chi connectivity index (χ0) is 54.9. The third-order valence-electron chi connectivity index (χ3n) is 14.9. The maximum atomic E-state index is 15.3. The summed E-state index contributed by atoms with van der Waals surface area (Å²) in [7, 11) is -4.45. The first-order valence-corrected chi connectivity index (χ1v) is 29.6. The summed E-state index contributed by atoms with van der Waals surface area (Å²) in [4.78, 5) is 37.0. The van der Waals surface area contributed by atoms with Gasteiger partial charge in [0.05, 0.1) is 23.6 Å². The van der Waals surface area contributed by atoms with E-state index in [1.54, 1.807) is 18.2 Å². The molecule has 0 spiro atoms. The zero-order valence-corrected chi connectivity index (χ0v) is 46.8. The second-order valence-corrected chi connectivity index (χ2v) is 24.9. The highest BCUT2D eigenvalue weighted by Crippen LogP contribution is 2.40. The first-order valence-electron chi connectivity index (χ1n) is 26.8. The van der Waals surface area contributed by atoms with E-state index in [1.165, 1.54) is 55.5 Å². The van der Waals surface area contributed by atoms with Crippen molar-refractivity contribution in [3.05, 3.63) is 107 Å². The molecular formula is C55H78N10O10S2. The number of sulfonamides is 2. The molecule has 3 unspecified atom stereocenters. The highest BCUT2D eigenvalue weighted by molar-refractivity contribution is 7.89. The van der Waals surface area contributed by atoms with Gasteiger partial charge in [0, 0.05) is 132 Å². The van der Waals surface area contributed by atoms with Crippen LogP contribution < -0.4 is 35.2 Å². The summed E-state index contributed by atoms with van der Waals surface area (Å²) >= 11 is 0. The monoisotopic (exact) mass is 1100 g/mol. The third-order valence-corrected chi connectivity index (χ3v) is 18.6. The van der Waals surface area contributed by atoms with Crippen molar-refractivity contribution in [2.24, 2.45) is 0 Å². The Morgan fingerprint density at radius 2 is 1.21 bits per heavy atom. The number of piperazine rings is 2. The first-order chi connectivity index (χ1) is 36.9. The number of likely N-dealkylation sites (N-methyl/N-ethyl adjacent to an activating group) is 1. The van der Waals surface area contributed by atoms with Gasteiger partial charge in [-0.2, -0.15) is 4.31 Å². The van der Waals surface area contributed by atoms with Crippen molar-refractivity contribution in [1.29, 1.82) is 0 Å². The van der Waals surface area contributed by atoms with Gasteiger partial charge in [-0.05, 0) is 78.4 Å². The fourth-order valence-corrected chi connectivity index (χ4v) is 13.3. The number of aliphatic hydroxyl groups excluding tert-OH is 2. The quantitative estimate of drug-likeness (QED) is 0.0712. The SMILES string of the molecule is CCN1CCN(c2cccc(OCC(=O)NCC(O)CN3CCc4ccccc4C3)c2S(=O)(=O)N(C)Cc2cc(OCC(=O)NCC(O)CN3CCc4ccccc4C3)c(S(=O)(=O)N(C)C)c(N3CCNC(C)C3)c2)CC1. The largest absolute Gasteiger partial charge is 0.482 e. The van der Waals surface area contributed by atoms with Gasteiger partial charge in [0.15, 0.2) is 13.2 Å². The summed E-state index contributed by atoms with van der Waals surface area (Å²) in [5.74, 6) is -1.28. The minimum Gasteiger partial charge on any atom is -0.482 e. The average Bonchev–Trinajstić information content (AvgIpc) is 3.48. The second-order valence-electron chi connectivity index (χ2n) is 20.8. The maximum absolute atomic E-state index is 15.3. The summed E-state index contributed by atoms with van der Waals surface area (Å²) in [5, 5.41) is 30.8. The fourth-order valence-electron chi connectivity index (χ4n) is 10.6. The molecule has 0 saturated carbocycles. The molecule has 20 nitrogen and oxygen atoms in total. The van der Waals surface area contributed by atoms with E-state index >= 15 is 8.42 Å². The lowest BCUT2D eigenvalue weighted by Crippen LogP contribution is -2.49. The van der Waals surface area contributed by atoms with Crippen molar-refractivity contribution in [1.82, 2.24) is 39.3 Å². The second kappa shape index (κ2) is 26.0. The number of amides is 2. The van der Waals surface area contributed by atoms with Gasteiger partial charge in [-0.3, -0.25) is 19.4 Å². The molecule has 4 heterocycles. The number of hydrogen-bond acceptors (Lipinski definition) is 16. The van der Waals surface area contributed by atoms with E-state index in [-0.39, 0.29) is 47.0 Å². The van der Waals surface area contributed by atoms with Crippen LogP contribution in [0.15, 0.2) is 88.7 Å². The summed E-state index contributed by atoms with van der Waals surface area (Å²) in [5.41, 5.74) is 6.09. The van der Waals surface area contributed by atoms with E-state index in [2.05, 4.69) is 61.8 Å². The first kappa shape index (κ1) is 57.8. The minimum atomic E-state index is -4.46. The topological polar surface area (TPSA) is 220 Å². The Bertz CT molecular complexity index is 2910. The average molecular weight is 1100 g/mol. The van der Waals surface area contributed by atoms with Crippen molar-refractivity contribution in [2.75, 3.05) is 136 Å². The summed E-state index contributed by atoms with van der Waals surface area (Å²) in [6, 6.07) is 24.5. The van der Waals surface area contributed by atoms with Crippen LogP contribution in [-0.2, 0) is 62.1 Å².